The highest BCUT2D eigenvalue weighted by atomic mass is 19.1. The van der Waals surface area contributed by atoms with Crippen LogP contribution in [0.3, 0.4) is 0 Å². The molecule has 3 rings (SSSR count). The maximum Gasteiger partial charge on any atom is 0.279 e. The van der Waals surface area contributed by atoms with Crippen molar-refractivity contribution in [1.29, 1.82) is 0 Å². The molecule has 1 amide bonds. The molecule has 0 N–H and O–H groups in total. The van der Waals surface area contributed by atoms with Crippen molar-refractivity contribution in [3.63, 3.8) is 0 Å². The van der Waals surface area contributed by atoms with Crippen LogP contribution in [-0.4, -0.2) is 31.7 Å². The standard InChI is InChI=1S/C17H17FN2O3/c1-22-11-9-14-12(15(10-11)23-2)5-4-8-20(14)17(21)16-13(18)6-3-7-19-16/h3,6-7,9-10H,4-5,8H2,1-2H3. The van der Waals surface area contributed by atoms with E-state index in [1.54, 1.807) is 26.4 Å². The number of hydrogen-bond acceptors (Lipinski definition) is 4. The van der Waals surface area contributed by atoms with E-state index in [1.807, 2.05) is 0 Å². The molecule has 1 aliphatic heterocycles. The molecule has 1 aliphatic rings. The van der Waals surface area contributed by atoms with Gasteiger partial charge in [-0.3, -0.25) is 4.79 Å². The summed E-state index contributed by atoms with van der Waals surface area (Å²) in [6, 6.07) is 6.25. The Labute approximate surface area is 133 Å². The molecule has 0 bridgehead atoms. The van der Waals surface area contributed by atoms with Gasteiger partial charge in [0.2, 0.25) is 0 Å². The Bertz CT molecular complexity index is 749. The molecule has 2 aromatic rings. The summed E-state index contributed by atoms with van der Waals surface area (Å²) in [5.41, 5.74) is 1.42. The van der Waals surface area contributed by atoms with Gasteiger partial charge in [0.05, 0.1) is 19.9 Å². The summed E-state index contributed by atoms with van der Waals surface area (Å²) >= 11 is 0. The molecule has 0 atom stereocenters. The predicted octanol–water partition coefficient (Wildman–Crippen LogP) is 2.83. The van der Waals surface area contributed by atoms with Gasteiger partial charge in [0, 0.05) is 30.4 Å². The summed E-state index contributed by atoms with van der Waals surface area (Å²) in [4.78, 5) is 18.1. The average Bonchev–Trinajstić information content (AvgIpc) is 2.60. The van der Waals surface area contributed by atoms with Crippen LogP contribution in [0.25, 0.3) is 0 Å². The predicted molar refractivity (Wildman–Crippen MR) is 83.7 cm³/mol. The second-order valence-corrected chi connectivity index (χ2v) is 5.22. The molecule has 1 aromatic carbocycles. The molecular weight excluding hydrogens is 299 g/mol. The number of rotatable bonds is 3. The minimum absolute atomic E-state index is 0.179. The van der Waals surface area contributed by atoms with Gasteiger partial charge in [0.15, 0.2) is 11.5 Å². The van der Waals surface area contributed by atoms with Crippen molar-refractivity contribution >= 4 is 11.6 Å². The van der Waals surface area contributed by atoms with Crippen LogP contribution in [-0.2, 0) is 6.42 Å². The monoisotopic (exact) mass is 316 g/mol. The van der Waals surface area contributed by atoms with Gasteiger partial charge in [0.25, 0.3) is 5.91 Å². The highest BCUT2D eigenvalue weighted by Crippen LogP contribution is 2.38. The molecule has 0 fully saturated rings. The topological polar surface area (TPSA) is 51.7 Å². The van der Waals surface area contributed by atoms with E-state index in [0.717, 1.165) is 18.4 Å². The normalized spacial score (nSPS) is 13.4. The Balaban J connectivity index is 2.08. The van der Waals surface area contributed by atoms with Gasteiger partial charge in [-0.25, -0.2) is 9.37 Å². The number of aromatic nitrogens is 1. The van der Waals surface area contributed by atoms with Crippen LogP contribution >= 0.6 is 0 Å². The zero-order valence-electron chi connectivity index (χ0n) is 13.0. The van der Waals surface area contributed by atoms with Crippen LogP contribution in [0.4, 0.5) is 10.1 Å². The van der Waals surface area contributed by atoms with E-state index in [-0.39, 0.29) is 5.69 Å². The van der Waals surface area contributed by atoms with Crippen molar-refractivity contribution in [3.05, 3.63) is 47.5 Å². The number of halogens is 1. The lowest BCUT2D eigenvalue weighted by Gasteiger charge is -2.30. The van der Waals surface area contributed by atoms with Gasteiger partial charge in [-0.2, -0.15) is 0 Å². The van der Waals surface area contributed by atoms with Gasteiger partial charge in [-0.1, -0.05) is 0 Å². The Morgan fingerprint density at radius 1 is 1.30 bits per heavy atom. The van der Waals surface area contributed by atoms with Gasteiger partial charge >= 0.3 is 0 Å². The molecule has 0 saturated heterocycles. The zero-order valence-corrected chi connectivity index (χ0v) is 13.0. The SMILES string of the molecule is COc1cc(OC)c2c(c1)N(C(=O)c1ncccc1F)CCC2. The Morgan fingerprint density at radius 3 is 2.83 bits per heavy atom. The van der Waals surface area contributed by atoms with Crippen LogP contribution < -0.4 is 14.4 Å². The van der Waals surface area contributed by atoms with E-state index >= 15 is 0 Å². The summed E-state index contributed by atoms with van der Waals surface area (Å²) in [5.74, 6) is 0.166. The molecule has 1 aromatic heterocycles. The molecule has 120 valence electrons. The number of fused-ring (bicyclic) bond motifs is 1. The van der Waals surface area contributed by atoms with Gasteiger partial charge < -0.3 is 14.4 Å². The van der Waals surface area contributed by atoms with Crippen molar-refractivity contribution < 1.29 is 18.7 Å². The summed E-state index contributed by atoms with van der Waals surface area (Å²) in [7, 11) is 3.13. The van der Waals surface area contributed by atoms with E-state index in [4.69, 9.17) is 9.47 Å². The molecule has 5 nitrogen and oxygen atoms in total. The Morgan fingerprint density at radius 2 is 2.13 bits per heavy atom. The highest BCUT2D eigenvalue weighted by Gasteiger charge is 2.28. The fourth-order valence-corrected chi connectivity index (χ4v) is 2.81. The average molecular weight is 316 g/mol. The van der Waals surface area contributed by atoms with E-state index < -0.39 is 11.7 Å². The molecule has 0 aliphatic carbocycles. The highest BCUT2D eigenvalue weighted by molar-refractivity contribution is 6.06. The largest absolute Gasteiger partial charge is 0.497 e. The number of anilines is 1. The van der Waals surface area contributed by atoms with Gasteiger partial charge in [0.1, 0.15) is 11.5 Å². The number of pyridine rings is 1. The van der Waals surface area contributed by atoms with Crippen LogP contribution in [0.2, 0.25) is 0 Å². The van der Waals surface area contributed by atoms with Gasteiger partial charge in [-0.05, 0) is 25.0 Å². The third kappa shape index (κ3) is 2.72. The van der Waals surface area contributed by atoms with E-state index in [2.05, 4.69) is 4.98 Å². The molecule has 0 spiro atoms. The van der Waals surface area contributed by atoms with Crippen molar-refractivity contribution in [3.8, 4) is 11.5 Å². The smallest absolute Gasteiger partial charge is 0.279 e. The number of carbonyl (C=O) groups excluding carboxylic acids is 1. The molecule has 6 heteroatoms. The summed E-state index contributed by atoms with van der Waals surface area (Å²) in [6.45, 7) is 0.498. The first-order chi connectivity index (χ1) is 11.2. The van der Waals surface area contributed by atoms with E-state index in [1.165, 1.54) is 23.2 Å². The third-order valence-corrected chi connectivity index (χ3v) is 3.92. The number of amides is 1. The molecule has 23 heavy (non-hydrogen) atoms. The van der Waals surface area contributed by atoms with Crippen molar-refractivity contribution in [1.82, 2.24) is 4.98 Å². The number of methoxy groups -OCH3 is 2. The number of carbonyl (C=O) groups is 1. The first-order valence-electron chi connectivity index (χ1n) is 7.33. The number of hydrogen-bond donors (Lipinski definition) is 0. The first-order valence-corrected chi connectivity index (χ1v) is 7.33. The minimum atomic E-state index is -0.625. The van der Waals surface area contributed by atoms with Crippen LogP contribution in [0.15, 0.2) is 30.5 Å². The van der Waals surface area contributed by atoms with Crippen molar-refractivity contribution in [2.45, 2.75) is 12.8 Å². The Kier molecular flexibility index (Phi) is 4.14. The quantitative estimate of drug-likeness (QED) is 0.874. The lowest BCUT2D eigenvalue weighted by Crippen LogP contribution is -2.36. The third-order valence-electron chi connectivity index (χ3n) is 3.92. The van der Waals surface area contributed by atoms with Crippen molar-refractivity contribution in [2.75, 3.05) is 25.7 Å². The molecule has 0 saturated carbocycles. The van der Waals surface area contributed by atoms with Crippen LogP contribution in [0, 0.1) is 5.82 Å². The maximum absolute atomic E-state index is 13.9. The zero-order chi connectivity index (χ0) is 16.4. The summed E-state index contributed by atoms with van der Waals surface area (Å²) < 4.78 is 24.6. The fraction of sp³-hybridized carbons (Fsp3) is 0.294. The summed E-state index contributed by atoms with van der Waals surface area (Å²) in [5, 5.41) is 0. The Hall–Kier alpha value is -2.63. The number of ether oxygens (including phenoxy) is 2. The van der Waals surface area contributed by atoms with Crippen LogP contribution in [0.1, 0.15) is 22.5 Å². The molecular formula is C17H17FN2O3. The van der Waals surface area contributed by atoms with E-state index in [9.17, 15) is 9.18 Å². The van der Waals surface area contributed by atoms with E-state index in [0.29, 0.717) is 23.7 Å². The minimum Gasteiger partial charge on any atom is -0.497 e. The van der Waals surface area contributed by atoms with Gasteiger partial charge in [-0.15, -0.1) is 0 Å². The molecule has 0 unspecified atom stereocenters. The first kappa shape index (κ1) is 15.3. The lowest BCUT2D eigenvalue weighted by molar-refractivity contribution is 0.0976. The fourth-order valence-electron chi connectivity index (χ4n) is 2.81. The summed E-state index contributed by atoms with van der Waals surface area (Å²) in [6.07, 6.45) is 2.97. The number of benzene rings is 1. The molecule has 2 heterocycles. The second kappa shape index (κ2) is 6.24. The second-order valence-electron chi connectivity index (χ2n) is 5.22. The van der Waals surface area contributed by atoms with Crippen molar-refractivity contribution in [2.24, 2.45) is 0 Å². The molecule has 0 radical (unpaired) electrons. The van der Waals surface area contributed by atoms with Crippen LogP contribution in [0.5, 0.6) is 11.5 Å². The number of nitrogens with zero attached hydrogens (tertiary/aromatic N) is 2. The lowest BCUT2D eigenvalue weighted by atomic mass is 9.99. The maximum atomic E-state index is 13.9.